The molecule has 1 aromatic rings. The first kappa shape index (κ1) is 13.6. The summed E-state index contributed by atoms with van der Waals surface area (Å²) in [5, 5.41) is 0. The maximum absolute atomic E-state index is 6.18. The Kier molecular flexibility index (Phi) is 5.09. The molecule has 3 heteroatoms. The molecule has 0 aliphatic heterocycles. The highest BCUT2D eigenvalue weighted by atomic mass is 15.1. The molecule has 1 heterocycles. The smallest absolute Gasteiger partial charge is 0.127 e. The molecule has 2 N–H and O–H groups in total. The number of nitrogens with two attached hydrogens (primary N) is 1. The lowest BCUT2D eigenvalue weighted by Crippen LogP contribution is -2.07. The maximum atomic E-state index is 6.18. The van der Waals surface area contributed by atoms with Gasteiger partial charge in [-0.3, -0.25) is 0 Å². The summed E-state index contributed by atoms with van der Waals surface area (Å²) >= 11 is 0. The predicted molar refractivity (Wildman–Crippen MR) is 72.8 cm³/mol. The molecule has 17 heavy (non-hydrogen) atoms. The largest absolute Gasteiger partial charge is 0.384 e. The minimum Gasteiger partial charge on any atom is -0.384 e. The van der Waals surface area contributed by atoms with Crippen LogP contribution in [-0.2, 0) is 13.0 Å². The number of hydrogen-bond acceptors (Lipinski definition) is 2. The molecule has 0 saturated carbocycles. The van der Waals surface area contributed by atoms with E-state index in [0.29, 0.717) is 12.5 Å². The highest BCUT2D eigenvalue weighted by molar-refractivity contribution is 5.41. The van der Waals surface area contributed by atoms with Gasteiger partial charge in [0.1, 0.15) is 11.6 Å². The van der Waals surface area contributed by atoms with Gasteiger partial charge < -0.3 is 10.3 Å². The van der Waals surface area contributed by atoms with Crippen molar-refractivity contribution >= 4 is 5.82 Å². The van der Waals surface area contributed by atoms with E-state index < -0.39 is 0 Å². The van der Waals surface area contributed by atoms with E-state index in [0.717, 1.165) is 43.0 Å². The van der Waals surface area contributed by atoms with E-state index in [2.05, 4.69) is 26.7 Å². The van der Waals surface area contributed by atoms with Gasteiger partial charge in [0.25, 0.3) is 0 Å². The minimum absolute atomic E-state index is 0.449. The Bertz CT molecular complexity index is 394. The van der Waals surface area contributed by atoms with Crippen LogP contribution in [-0.4, -0.2) is 9.55 Å². The Hall–Kier alpha value is -1.43. The molecule has 0 amide bonds. The lowest BCUT2D eigenvalue weighted by atomic mass is 9.99. The standard InChI is InChI=1S/C14H23N3/c1-5-9-12-16-13(11(7-3)8-4)14(15)17(12)10-6-2/h2,11H,5,7-10,15H2,1,3-4H3. The Morgan fingerprint density at radius 2 is 2.00 bits per heavy atom. The van der Waals surface area contributed by atoms with Gasteiger partial charge in [-0.25, -0.2) is 4.98 Å². The number of imidazole rings is 1. The monoisotopic (exact) mass is 233 g/mol. The zero-order valence-electron chi connectivity index (χ0n) is 11.2. The number of aromatic nitrogens is 2. The molecule has 0 saturated heterocycles. The Morgan fingerprint density at radius 3 is 2.47 bits per heavy atom. The van der Waals surface area contributed by atoms with Crippen LogP contribution in [0.4, 0.5) is 5.82 Å². The molecule has 0 aliphatic carbocycles. The predicted octanol–water partition coefficient (Wildman–Crippen LogP) is 2.95. The number of rotatable bonds is 6. The average Bonchev–Trinajstić information content (AvgIpc) is 2.61. The first-order valence-electron chi connectivity index (χ1n) is 6.47. The summed E-state index contributed by atoms with van der Waals surface area (Å²) in [6.45, 7) is 7.01. The average molecular weight is 233 g/mol. The van der Waals surface area contributed by atoms with Gasteiger partial charge in [0, 0.05) is 12.3 Å². The van der Waals surface area contributed by atoms with Gasteiger partial charge in [-0.1, -0.05) is 26.7 Å². The van der Waals surface area contributed by atoms with Crippen LogP contribution in [0.15, 0.2) is 0 Å². The third-order valence-electron chi connectivity index (χ3n) is 3.21. The second-order valence-electron chi connectivity index (χ2n) is 4.35. The summed E-state index contributed by atoms with van der Waals surface area (Å²) in [6, 6.07) is 0. The van der Waals surface area contributed by atoms with Crippen LogP contribution in [0.25, 0.3) is 0 Å². The molecule has 0 aliphatic rings. The van der Waals surface area contributed by atoms with E-state index in [1.165, 1.54) is 0 Å². The van der Waals surface area contributed by atoms with Crippen LogP contribution >= 0.6 is 0 Å². The summed E-state index contributed by atoms with van der Waals surface area (Å²) in [6.07, 6.45) is 9.52. The van der Waals surface area contributed by atoms with E-state index in [4.69, 9.17) is 17.1 Å². The second-order valence-corrected chi connectivity index (χ2v) is 4.35. The van der Waals surface area contributed by atoms with Crippen LogP contribution in [0.2, 0.25) is 0 Å². The van der Waals surface area contributed by atoms with Crippen molar-refractivity contribution < 1.29 is 0 Å². The second kappa shape index (κ2) is 6.34. The van der Waals surface area contributed by atoms with Gasteiger partial charge in [0.2, 0.25) is 0 Å². The first-order chi connectivity index (χ1) is 8.19. The Labute approximate surface area is 104 Å². The van der Waals surface area contributed by atoms with Crippen molar-refractivity contribution in [3.05, 3.63) is 11.5 Å². The number of terminal acetylenes is 1. The lowest BCUT2D eigenvalue weighted by Gasteiger charge is -2.10. The van der Waals surface area contributed by atoms with Crippen molar-refractivity contribution in [2.45, 2.75) is 58.9 Å². The molecular formula is C14H23N3. The summed E-state index contributed by atoms with van der Waals surface area (Å²) in [5.74, 6) is 4.90. The zero-order chi connectivity index (χ0) is 12.8. The van der Waals surface area contributed by atoms with E-state index >= 15 is 0 Å². The van der Waals surface area contributed by atoms with Crippen LogP contribution < -0.4 is 5.73 Å². The van der Waals surface area contributed by atoms with Gasteiger partial charge in [0.05, 0.1) is 12.2 Å². The van der Waals surface area contributed by atoms with Crippen molar-refractivity contribution in [1.82, 2.24) is 9.55 Å². The zero-order valence-corrected chi connectivity index (χ0v) is 11.2. The molecule has 0 spiro atoms. The fourth-order valence-electron chi connectivity index (χ4n) is 2.19. The SMILES string of the molecule is C#CCn1c(CCC)nc(C(CC)CC)c1N. The third kappa shape index (κ3) is 2.82. The molecular weight excluding hydrogens is 210 g/mol. The molecule has 3 nitrogen and oxygen atoms in total. The minimum atomic E-state index is 0.449. The molecule has 0 fully saturated rings. The van der Waals surface area contributed by atoms with Crippen LogP contribution in [0, 0.1) is 12.3 Å². The fraction of sp³-hybridized carbons (Fsp3) is 0.643. The number of hydrogen-bond donors (Lipinski definition) is 1. The van der Waals surface area contributed by atoms with E-state index in [1.807, 2.05) is 4.57 Å². The molecule has 1 aromatic heterocycles. The topological polar surface area (TPSA) is 43.8 Å². The summed E-state index contributed by atoms with van der Waals surface area (Å²) in [5.41, 5.74) is 7.21. The van der Waals surface area contributed by atoms with Gasteiger partial charge in [-0.15, -0.1) is 6.42 Å². The summed E-state index contributed by atoms with van der Waals surface area (Å²) in [4.78, 5) is 4.70. The molecule has 0 atom stereocenters. The third-order valence-corrected chi connectivity index (χ3v) is 3.21. The Morgan fingerprint density at radius 1 is 1.35 bits per heavy atom. The highest BCUT2D eigenvalue weighted by Gasteiger charge is 2.19. The van der Waals surface area contributed by atoms with Crippen LogP contribution in [0.1, 0.15) is 57.5 Å². The quantitative estimate of drug-likeness (QED) is 0.768. The van der Waals surface area contributed by atoms with Gasteiger partial charge >= 0.3 is 0 Å². The number of aryl methyl sites for hydroxylation is 1. The maximum Gasteiger partial charge on any atom is 0.127 e. The van der Waals surface area contributed by atoms with Crippen LogP contribution in [0.3, 0.4) is 0 Å². The lowest BCUT2D eigenvalue weighted by molar-refractivity contribution is 0.626. The van der Waals surface area contributed by atoms with Crippen molar-refractivity contribution in [3.8, 4) is 12.3 Å². The van der Waals surface area contributed by atoms with E-state index in [1.54, 1.807) is 0 Å². The van der Waals surface area contributed by atoms with E-state index in [-0.39, 0.29) is 0 Å². The molecule has 0 unspecified atom stereocenters. The molecule has 1 rings (SSSR count). The van der Waals surface area contributed by atoms with Gasteiger partial charge in [-0.05, 0) is 19.3 Å². The first-order valence-corrected chi connectivity index (χ1v) is 6.47. The summed E-state index contributed by atoms with van der Waals surface area (Å²) in [7, 11) is 0. The fourth-order valence-corrected chi connectivity index (χ4v) is 2.19. The van der Waals surface area contributed by atoms with Crippen molar-refractivity contribution in [2.24, 2.45) is 0 Å². The number of nitrogens with zero attached hydrogens (tertiary/aromatic N) is 2. The molecule has 94 valence electrons. The number of anilines is 1. The molecule has 0 radical (unpaired) electrons. The normalized spacial score (nSPS) is 10.8. The van der Waals surface area contributed by atoms with E-state index in [9.17, 15) is 0 Å². The van der Waals surface area contributed by atoms with Crippen molar-refractivity contribution in [2.75, 3.05) is 5.73 Å². The van der Waals surface area contributed by atoms with Crippen molar-refractivity contribution in [1.29, 1.82) is 0 Å². The Balaban J connectivity index is 3.15. The molecule has 0 aromatic carbocycles. The van der Waals surface area contributed by atoms with Gasteiger partial charge in [0.15, 0.2) is 0 Å². The highest BCUT2D eigenvalue weighted by Crippen LogP contribution is 2.28. The van der Waals surface area contributed by atoms with Gasteiger partial charge in [-0.2, -0.15) is 0 Å². The summed E-state index contributed by atoms with van der Waals surface area (Å²) < 4.78 is 1.98. The van der Waals surface area contributed by atoms with Crippen LogP contribution in [0.5, 0.6) is 0 Å². The van der Waals surface area contributed by atoms with Crippen molar-refractivity contribution in [3.63, 3.8) is 0 Å². The number of nitrogen functional groups attached to an aromatic ring is 1. The molecule has 0 bridgehead atoms.